The molecule has 0 saturated heterocycles. The van der Waals surface area contributed by atoms with Gasteiger partial charge in [-0.1, -0.05) is 0 Å². The Morgan fingerprint density at radius 1 is 1.53 bits per heavy atom. The normalized spacial score (nSPS) is 11.1. The molecular weight excluding hydrogens is 224 g/mol. The van der Waals surface area contributed by atoms with Crippen molar-refractivity contribution in [2.45, 2.75) is 5.03 Å². The summed E-state index contributed by atoms with van der Waals surface area (Å²) >= 11 is 0. The minimum absolute atomic E-state index is 0.194. The number of aromatic carboxylic acids is 1. The summed E-state index contributed by atoms with van der Waals surface area (Å²) in [6.45, 7) is 0. The highest BCUT2D eigenvalue weighted by Crippen LogP contribution is 2.14. The van der Waals surface area contributed by atoms with E-state index in [1.54, 1.807) is 0 Å². The molecule has 0 saturated carbocycles. The van der Waals surface area contributed by atoms with Crippen molar-refractivity contribution in [1.29, 1.82) is 0 Å². The van der Waals surface area contributed by atoms with Gasteiger partial charge >= 0.3 is 12.0 Å². The van der Waals surface area contributed by atoms with Gasteiger partial charge in [-0.3, -0.25) is 0 Å². The van der Waals surface area contributed by atoms with Crippen LogP contribution in [0.2, 0.25) is 0 Å². The fraction of sp³-hybridized carbons (Fsp3) is 0.286. The molecule has 0 atom stereocenters. The molecule has 0 fully saturated rings. The minimum Gasteiger partial charge on any atom is -0.478 e. The number of hydrogen-bond donors (Lipinski definition) is 1. The lowest BCUT2D eigenvalue weighted by molar-refractivity contribution is 0.0691. The zero-order valence-electron chi connectivity index (χ0n) is 7.96. The first-order valence-electron chi connectivity index (χ1n) is 3.70. The Kier molecular flexibility index (Phi) is 2.89. The van der Waals surface area contributed by atoms with E-state index in [9.17, 15) is 13.2 Å². The maximum absolute atomic E-state index is 11.2. The van der Waals surface area contributed by atoms with Gasteiger partial charge < -0.3 is 9.84 Å². The van der Waals surface area contributed by atoms with Crippen LogP contribution in [0.1, 0.15) is 10.4 Å². The molecule has 1 aromatic heterocycles. The van der Waals surface area contributed by atoms with E-state index in [1.165, 1.54) is 7.11 Å². The number of sulfone groups is 1. The molecule has 0 radical (unpaired) electrons. The van der Waals surface area contributed by atoms with E-state index in [0.717, 1.165) is 12.5 Å². The Balaban J connectivity index is 3.50. The van der Waals surface area contributed by atoms with Crippen LogP contribution in [0.15, 0.2) is 11.2 Å². The van der Waals surface area contributed by atoms with Crippen LogP contribution in [-0.2, 0) is 9.84 Å². The molecule has 82 valence electrons. The molecule has 0 aliphatic rings. The number of aromatic nitrogens is 2. The Morgan fingerprint density at radius 3 is 2.53 bits per heavy atom. The van der Waals surface area contributed by atoms with Gasteiger partial charge in [0.05, 0.1) is 13.3 Å². The fourth-order valence-electron chi connectivity index (χ4n) is 0.879. The largest absolute Gasteiger partial charge is 0.478 e. The maximum Gasteiger partial charge on any atom is 0.340 e. The van der Waals surface area contributed by atoms with Gasteiger partial charge in [-0.25, -0.2) is 18.2 Å². The average molecular weight is 232 g/mol. The minimum atomic E-state index is -3.72. The monoisotopic (exact) mass is 232 g/mol. The molecule has 1 rings (SSSR count). The van der Waals surface area contributed by atoms with Crippen LogP contribution in [0.3, 0.4) is 0 Å². The summed E-state index contributed by atoms with van der Waals surface area (Å²) in [5.41, 5.74) is -0.474. The molecule has 15 heavy (non-hydrogen) atoms. The van der Waals surface area contributed by atoms with Crippen LogP contribution in [0.5, 0.6) is 6.01 Å². The van der Waals surface area contributed by atoms with E-state index in [4.69, 9.17) is 5.11 Å². The number of carboxylic acids is 1. The van der Waals surface area contributed by atoms with Crippen molar-refractivity contribution in [2.24, 2.45) is 0 Å². The first-order chi connectivity index (χ1) is 6.86. The number of ether oxygens (including phenoxy) is 1. The molecule has 1 heterocycles. The summed E-state index contributed by atoms with van der Waals surface area (Å²) in [7, 11) is -2.47. The van der Waals surface area contributed by atoms with Gasteiger partial charge in [0, 0.05) is 6.26 Å². The average Bonchev–Trinajstić information content (AvgIpc) is 2.15. The second kappa shape index (κ2) is 3.81. The van der Waals surface area contributed by atoms with Gasteiger partial charge in [0.1, 0.15) is 5.56 Å². The molecule has 7 nitrogen and oxygen atoms in total. The van der Waals surface area contributed by atoms with Gasteiger partial charge in [-0.2, -0.15) is 4.98 Å². The molecule has 0 aromatic carbocycles. The molecule has 0 spiro atoms. The fourth-order valence-corrected chi connectivity index (χ4v) is 1.66. The third-order valence-corrected chi connectivity index (χ3v) is 2.51. The van der Waals surface area contributed by atoms with Crippen molar-refractivity contribution in [3.05, 3.63) is 11.8 Å². The Hall–Kier alpha value is -1.70. The van der Waals surface area contributed by atoms with Gasteiger partial charge in [0.15, 0.2) is 14.9 Å². The van der Waals surface area contributed by atoms with Gasteiger partial charge in [0.2, 0.25) is 0 Å². The maximum atomic E-state index is 11.2. The standard InChI is InChI=1S/C7H8N2O5S/c1-14-7-8-3-4(6(10)11)5(9-7)15(2,12)13/h3H,1-2H3,(H,10,11). The number of hydrogen-bond acceptors (Lipinski definition) is 6. The van der Waals surface area contributed by atoms with Crippen molar-refractivity contribution in [2.75, 3.05) is 13.4 Å². The van der Waals surface area contributed by atoms with Crippen molar-refractivity contribution < 1.29 is 23.1 Å². The number of methoxy groups -OCH3 is 1. The number of nitrogens with zero attached hydrogens (tertiary/aromatic N) is 2. The second-order valence-corrected chi connectivity index (χ2v) is 4.58. The predicted molar refractivity (Wildman–Crippen MR) is 48.7 cm³/mol. The van der Waals surface area contributed by atoms with Gasteiger partial charge in [-0.15, -0.1) is 0 Å². The van der Waals surface area contributed by atoms with Crippen LogP contribution in [0.4, 0.5) is 0 Å². The molecule has 0 aliphatic heterocycles. The molecule has 0 amide bonds. The summed E-state index contributed by atoms with van der Waals surface area (Å²) in [6.07, 6.45) is 1.76. The van der Waals surface area contributed by atoms with E-state index < -0.39 is 26.4 Å². The quantitative estimate of drug-likeness (QED) is 0.705. The molecule has 1 aromatic rings. The summed E-state index contributed by atoms with van der Waals surface area (Å²) in [5.74, 6) is -1.40. The lowest BCUT2D eigenvalue weighted by atomic mass is 10.3. The lowest BCUT2D eigenvalue weighted by Crippen LogP contribution is -2.11. The van der Waals surface area contributed by atoms with E-state index in [0.29, 0.717) is 0 Å². The van der Waals surface area contributed by atoms with E-state index in [2.05, 4.69) is 14.7 Å². The smallest absolute Gasteiger partial charge is 0.340 e. The topological polar surface area (TPSA) is 106 Å². The van der Waals surface area contributed by atoms with E-state index >= 15 is 0 Å². The van der Waals surface area contributed by atoms with E-state index in [1.807, 2.05) is 0 Å². The zero-order valence-corrected chi connectivity index (χ0v) is 8.78. The lowest BCUT2D eigenvalue weighted by Gasteiger charge is -2.03. The first-order valence-corrected chi connectivity index (χ1v) is 5.59. The van der Waals surface area contributed by atoms with Crippen LogP contribution in [0, 0.1) is 0 Å². The summed E-state index contributed by atoms with van der Waals surface area (Å²) in [6, 6.07) is -0.194. The second-order valence-electron chi connectivity index (χ2n) is 2.65. The van der Waals surface area contributed by atoms with Gasteiger partial charge in [0.25, 0.3) is 0 Å². The predicted octanol–water partition coefficient (Wildman–Crippen LogP) is -0.413. The third kappa shape index (κ3) is 2.40. The molecule has 1 N–H and O–H groups in total. The van der Waals surface area contributed by atoms with E-state index in [-0.39, 0.29) is 6.01 Å². The van der Waals surface area contributed by atoms with Crippen molar-refractivity contribution >= 4 is 15.8 Å². The Bertz CT molecular complexity index is 496. The highest BCUT2D eigenvalue weighted by atomic mass is 32.2. The van der Waals surface area contributed by atoms with Gasteiger partial charge in [-0.05, 0) is 0 Å². The highest BCUT2D eigenvalue weighted by molar-refractivity contribution is 7.90. The highest BCUT2D eigenvalue weighted by Gasteiger charge is 2.21. The third-order valence-electron chi connectivity index (χ3n) is 1.50. The number of rotatable bonds is 3. The van der Waals surface area contributed by atoms with Crippen LogP contribution in [-0.4, -0.2) is 42.8 Å². The Labute approximate surface area is 85.7 Å². The number of carbonyl (C=O) groups is 1. The van der Waals surface area contributed by atoms with Crippen molar-refractivity contribution in [1.82, 2.24) is 9.97 Å². The van der Waals surface area contributed by atoms with Crippen LogP contribution >= 0.6 is 0 Å². The molecule has 0 bridgehead atoms. The van der Waals surface area contributed by atoms with Crippen LogP contribution < -0.4 is 4.74 Å². The summed E-state index contributed by atoms with van der Waals surface area (Å²) in [5, 5.41) is 8.15. The van der Waals surface area contributed by atoms with Crippen molar-refractivity contribution in [3.8, 4) is 6.01 Å². The summed E-state index contributed by atoms with van der Waals surface area (Å²) in [4.78, 5) is 17.7. The SMILES string of the molecule is COc1ncc(C(=O)O)c(S(C)(=O)=O)n1. The zero-order chi connectivity index (χ0) is 11.6. The Morgan fingerprint density at radius 2 is 2.13 bits per heavy atom. The molecule has 0 aliphatic carbocycles. The molecular formula is C7H8N2O5S. The first kappa shape index (κ1) is 11.4. The summed E-state index contributed by atoms with van der Waals surface area (Å²) < 4.78 is 27.0. The van der Waals surface area contributed by atoms with Crippen LogP contribution in [0.25, 0.3) is 0 Å². The molecule has 8 heteroatoms. The van der Waals surface area contributed by atoms with Crippen molar-refractivity contribution in [3.63, 3.8) is 0 Å². The number of carboxylic acid groups (broad SMARTS) is 1. The molecule has 0 unspecified atom stereocenters.